The first-order valence-corrected chi connectivity index (χ1v) is 16.0. The van der Waals surface area contributed by atoms with E-state index < -0.39 is 12.0 Å². The van der Waals surface area contributed by atoms with Crippen molar-refractivity contribution in [2.75, 3.05) is 34.0 Å². The number of piperidine rings is 1. The highest BCUT2D eigenvalue weighted by Gasteiger charge is 2.41. The molecule has 2 aliphatic rings. The quantitative estimate of drug-likeness (QED) is 0.117. The first-order valence-electron chi connectivity index (χ1n) is 16.0. The van der Waals surface area contributed by atoms with Crippen molar-refractivity contribution >= 4 is 11.9 Å². The second-order valence-corrected chi connectivity index (χ2v) is 12.0. The van der Waals surface area contributed by atoms with Gasteiger partial charge in [-0.3, -0.25) is 4.79 Å². The van der Waals surface area contributed by atoms with Crippen LogP contribution in [0.1, 0.15) is 90.0 Å². The summed E-state index contributed by atoms with van der Waals surface area (Å²) in [6.45, 7) is 14.9. The van der Waals surface area contributed by atoms with Crippen LogP contribution in [-0.2, 0) is 19.1 Å². The van der Waals surface area contributed by atoms with Gasteiger partial charge in [-0.25, -0.2) is 4.79 Å². The Hall–Kier alpha value is -3.00. The second-order valence-electron chi connectivity index (χ2n) is 12.0. The molecule has 1 saturated carbocycles. The highest BCUT2D eigenvalue weighted by atomic mass is 16.5. The fourth-order valence-electron chi connectivity index (χ4n) is 6.17. The van der Waals surface area contributed by atoms with E-state index in [4.69, 9.17) is 23.7 Å². The molecule has 0 bridgehead atoms. The van der Waals surface area contributed by atoms with Crippen molar-refractivity contribution in [2.24, 2.45) is 11.8 Å². The van der Waals surface area contributed by atoms with Gasteiger partial charge in [-0.15, -0.1) is 13.2 Å². The molecular weight excluding hydrogens is 546 g/mol. The van der Waals surface area contributed by atoms with Gasteiger partial charge in [0.2, 0.25) is 11.7 Å². The smallest absolute Gasteiger partial charge is 0.329 e. The zero-order valence-corrected chi connectivity index (χ0v) is 27.0. The number of carbonyl (C=O) groups excluding carboxylic acids is 2. The van der Waals surface area contributed by atoms with E-state index in [0.29, 0.717) is 49.8 Å². The van der Waals surface area contributed by atoms with E-state index in [0.717, 1.165) is 44.1 Å². The molecule has 1 aliphatic heterocycles. The Balaban J connectivity index is 1.97. The second kappa shape index (κ2) is 17.3. The number of rotatable bonds is 16. The van der Waals surface area contributed by atoms with Crippen LogP contribution in [0.4, 0.5) is 0 Å². The van der Waals surface area contributed by atoms with Crippen molar-refractivity contribution in [1.82, 2.24) is 4.90 Å². The Kier molecular flexibility index (Phi) is 13.9. The molecule has 0 unspecified atom stereocenters. The van der Waals surface area contributed by atoms with Gasteiger partial charge in [0.15, 0.2) is 11.5 Å². The summed E-state index contributed by atoms with van der Waals surface area (Å²) in [6, 6.07) is 3.24. The minimum atomic E-state index is -0.599. The van der Waals surface area contributed by atoms with E-state index in [-0.39, 0.29) is 35.9 Å². The predicted octanol–water partition coefficient (Wildman–Crippen LogP) is 6.86. The number of ether oxygens (including phenoxy) is 5. The largest absolute Gasteiger partial charge is 0.493 e. The van der Waals surface area contributed by atoms with Gasteiger partial charge in [0.25, 0.3) is 0 Å². The molecule has 0 spiro atoms. The van der Waals surface area contributed by atoms with Gasteiger partial charge in [-0.05, 0) is 69.6 Å². The average molecular weight is 600 g/mol. The fourth-order valence-corrected chi connectivity index (χ4v) is 6.17. The summed E-state index contributed by atoms with van der Waals surface area (Å²) in [5.74, 6) is 0.908. The van der Waals surface area contributed by atoms with E-state index in [1.165, 1.54) is 6.42 Å². The molecule has 1 amide bonds. The molecule has 1 heterocycles. The lowest BCUT2D eigenvalue weighted by Gasteiger charge is -2.40. The van der Waals surface area contributed by atoms with E-state index in [2.05, 4.69) is 13.2 Å². The Labute approximate surface area is 258 Å². The number of hydrogen-bond donors (Lipinski definition) is 0. The van der Waals surface area contributed by atoms with Gasteiger partial charge >= 0.3 is 5.97 Å². The number of methoxy groups -OCH3 is 2. The highest BCUT2D eigenvalue weighted by molar-refractivity contribution is 5.89. The molecule has 8 heteroatoms. The third-order valence-electron chi connectivity index (χ3n) is 8.92. The predicted molar refractivity (Wildman–Crippen MR) is 169 cm³/mol. The Morgan fingerprint density at radius 1 is 0.977 bits per heavy atom. The molecule has 43 heavy (non-hydrogen) atoms. The van der Waals surface area contributed by atoms with Crippen LogP contribution in [0.15, 0.2) is 37.4 Å². The molecule has 0 aromatic heterocycles. The number of benzene rings is 1. The van der Waals surface area contributed by atoms with Crippen LogP contribution < -0.4 is 14.2 Å². The Morgan fingerprint density at radius 3 is 2.33 bits per heavy atom. The molecule has 5 atom stereocenters. The Morgan fingerprint density at radius 2 is 1.67 bits per heavy atom. The lowest BCUT2D eigenvalue weighted by Crippen LogP contribution is -2.51. The molecule has 3 rings (SSSR count). The van der Waals surface area contributed by atoms with E-state index in [9.17, 15) is 9.59 Å². The van der Waals surface area contributed by atoms with Gasteiger partial charge in [0.1, 0.15) is 12.1 Å². The van der Waals surface area contributed by atoms with Gasteiger partial charge < -0.3 is 28.6 Å². The van der Waals surface area contributed by atoms with Crippen LogP contribution >= 0.6 is 0 Å². The van der Waals surface area contributed by atoms with Crippen molar-refractivity contribution in [1.29, 1.82) is 0 Å². The van der Waals surface area contributed by atoms with Gasteiger partial charge in [-0.2, -0.15) is 0 Å². The number of carbonyl (C=O) groups is 2. The molecule has 1 aromatic carbocycles. The highest BCUT2D eigenvalue weighted by Crippen LogP contribution is 2.45. The standard InChI is InChI=1S/C35H53NO7/c1-8-20-41-21-18-25(4)42-31-23-28(22-30(39-6)33(31)40-7)32(27-15-11-10-12-16-27)34(37)36-19-14-13-17-29(36)35(38)43-26(5)24(3)9-2/h8-9,22-27,29,32H,1-2,10-21H2,3-7H3/t24-,25-,26+,29-,32-/m0/s1. The maximum absolute atomic E-state index is 14.6. The fraction of sp³-hybridized carbons (Fsp3) is 0.657. The molecule has 2 fully saturated rings. The average Bonchev–Trinajstić information content (AvgIpc) is 3.02. The van der Waals surface area contributed by atoms with E-state index >= 15 is 0 Å². The number of esters is 1. The normalized spacial score (nSPS) is 20.3. The van der Waals surface area contributed by atoms with Gasteiger partial charge in [-0.1, -0.05) is 38.3 Å². The first kappa shape index (κ1) is 34.5. The van der Waals surface area contributed by atoms with E-state index in [1.54, 1.807) is 31.3 Å². The molecule has 8 nitrogen and oxygen atoms in total. The van der Waals surface area contributed by atoms with Gasteiger partial charge in [0.05, 0.1) is 39.5 Å². The minimum Gasteiger partial charge on any atom is -0.493 e. The lowest BCUT2D eigenvalue weighted by atomic mass is 9.75. The molecular formula is C35H53NO7. The number of hydrogen-bond acceptors (Lipinski definition) is 7. The zero-order chi connectivity index (χ0) is 31.4. The molecule has 1 saturated heterocycles. The van der Waals surface area contributed by atoms with Crippen LogP contribution in [0.2, 0.25) is 0 Å². The van der Waals surface area contributed by atoms with E-state index in [1.807, 2.05) is 32.9 Å². The molecule has 1 aliphatic carbocycles. The maximum atomic E-state index is 14.6. The zero-order valence-electron chi connectivity index (χ0n) is 27.0. The van der Waals surface area contributed by atoms with Crippen molar-refractivity contribution in [3.8, 4) is 17.2 Å². The molecule has 1 aromatic rings. The third kappa shape index (κ3) is 9.24. The molecule has 0 radical (unpaired) electrons. The monoisotopic (exact) mass is 599 g/mol. The van der Waals surface area contributed by atoms with Crippen LogP contribution in [-0.4, -0.2) is 69.0 Å². The number of likely N-dealkylation sites (tertiary alicyclic amines) is 1. The van der Waals surface area contributed by atoms with Crippen LogP contribution in [0.5, 0.6) is 17.2 Å². The van der Waals surface area contributed by atoms with Crippen molar-refractivity contribution in [3.63, 3.8) is 0 Å². The van der Waals surface area contributed by atoms with Crippen molar-refractivity contribution in [2.45, 2.75) is 103 Å². The summed E-state index contributed by atoms with van der Waals surface area (Å²) in [4.78, 5) is 29.9. The van der Waals surface area contributed by atoms with Crippen LogP contribution in [0.3, 0.4) is 0 Å². The third-order valence-corrected chi connectivity index (χ3v) is 8.92. The van der Waals surface area contributed by atoms with Crippen LogP contribution in [0, 0.1) is 11.8 Å². The summed E-state index contributed by atoms with van der Waals surface area (Å²) in [6.07, 6.45) is 11.3. The number of amides is 1. The van der Waals surface area contributed by atoms with Crippen molar-refractivity contribution in [3.05, 3.63) is 43.0 Å². The lowest BCUT2D eigenvalue weighted by molar-refractivity contribution is -0.163. The Bertz CT molecular complexity index is 1070. The summed E-state index contributed by atoms with van der Waals surface area (Å²) in [5.41, 5.74) is 0.825. The van der Waals surface area contributed by atoms with Crippen LogP contribution in [0.25, 0.3) is 0 Å². The minimum absolute atomic E-state index is 0.0211. The summed E-state index contributed by atoms with van der Waals surface area (Å²) in [7, 11) is 3.18. The topological polar surface area (TPSA) is 83.5 Å². The number of nitrogens with zero attached hydrogens (tertiary/aromatic N) is 1. The first-order chi connectivity index (χ1) is 20.7. The van der Waals surface area contributed by atoms with Gasteiger partial charge in [0, 0.05) is 18.9 Å². The summed E-state index contributed by atoms with van der Waals surface area (Å²) >= 11 is 0. The summed E-state index contributed by atoms with van der Waals surface area (Å²) in [5, 5.41) is 0. The molecule has 0 N–H and O–H groups in total. The molecule has 240 valence electrons. The maximum Gasteiger partial charge on any atom is 0.329 e. The summed E-state index contributed by atoms with van der Waals surface area (Å²) < 4.78 is 29.3. The SMILES string of the molecule is C=CCOCC[C@H](C)Oc1cc([C@@H](C(=O)N2CCCC[C@H]2C(=O)O[C@H](C)[C@@H](C)C=C)C2CCCCC2)cc(OC)c1OC. The van der Waals surface area contributed by atoms with Crippen molar-refractivity contribution < 1.29 is 33.3 Å².